The van der Waals surface area contributed by atoms with E-state index in [-0.39, 0.29) is 24.0 Å². The Morgan fingerprint density at radius 1 is 0.920 bits per heavy atom. The van der Waals surface area contributed by atoms with Crippen LogP contribution in [0, 0.1) is 5.92 Å². The van der Waals surface area contributed by atoms with Gasteiger partial charge in [-0.2, -0.15) is 0 Å². The number of nitrogens with zero attached hydrogens (tertiary/aromatic N) is 2. The molecule has 5 heteroatoms. The van der Waals surface area contributed by atoms with Gasteiger partial charge in [-0.3, -0.25) is 9.59 Å². The first kappa shape index (κ1) is 18.7. The lowest BCUT2D eigenvalue weighted by Gasteiger charge is -2.44. The normalized spacial score (nSPS) is 33.0. The highest BCUT2D eigenvalue weighted by molar-refractivity contribution is 5.79. The van der Waals surface area contributed by atoms with Gasteiger partial charge in [-0.25, -0.2) is 0 Å². The van der Waals surface area contributed by atoms with Crippen molar-refractivity contribution in [2.75, 3.05) is 19.6 Å². The van der Waals surface area contributed by atoms with Gasteiger partial charge in [0.1, 0.15) is 0 Å². The number of morpholine rings is 1. The van der Waals surface area contributed by atoms with Crippen LogP contribution in [0.25, 0.3) is 0 Å². The molecule has 1 saturated carbocycles. The third-order valence-corrected chi connectivity index (χ3v) is 6.12. The van der Waals surface area contributed by atoms with Crippen LogP contribution >= 0.6 is 0 Å². The minimum atomic E-state index is 0.103. The average molecular weight is 351 g/mol. The summed E-state index contributed by atoms with van der Waals surface area (Å²) in [4.78, 5) is 29.2. The molecule has 1 aliphatic carbocycles. The average Bonchev–Trinajstić information content (AvgIpc) is 2.60. The second kappa shape index (κ2) is 8.52. The summed E-state index contributed by atoms with van der Waals surface area (Å²) in [6.45, 7) is 6.29. The lowest BCUT2D eigenvalue weighted by molar-refractivity contribution is -0.143. The first-order valence-electron chi connectivity index (χ1n) is 10.3. The van der Waals surface area contributed by atoms with E-state index in [1.807, 2.05) is 18.7 Å². The van der Waals surface area contributed by atoms with Crippen LogP contribution in [0.5, 0.6) is 0 Å². The summed E-state index contributed by atoms with van der Waals surface area (Å²) in [5.41, 5.74) is 0. The van der Waals surface area contributed by atoms with E-state index in [1.54, 1.807) is 0 Å². The van der Waals surface area contributed by atoms with Gasteiger partial charge in [0.25, 0.3) is 0 Å². The molecule has 2 heterocycles. The summed E-state index contributed by atoms with van der Waals surface area (Å²) in [5, 5.41) is 0. The van der Waals surface area contributed by atoms with Crippen molar-refractivity contribution in [1.82, 2.24) is 9.80 Å². The van der Waals surface area contributed by atoms with Crippen LogP contribution in [-0.4, -0.2) is 59.5 Å². The number of hydrogen-bond donors (Lipinski definition) is 0. The number of amides is 2. The van der Waals surface area contributed by atoms with E-state index in [1.165, 1.54) is 32.1 Å². The Morgan fingerprint density at radius 2 is 1.56 bits per heavy atom. The molecule has 0 radical (unpaired) electrons. The van der Waals surface area contributed by atoms with E-state index in [2.05, 4.69) is 4.90 Å². The van der Waals surface area contributed by atoms with E-state index in [0.717, 1.165) is 18.9 Å². The lowest BCUT2D eigenvalue weighted by Crippen LogP contribution is -2.49. The van der Waals surface area contributed by atoms with Crippen LogP contribution in [0.3, 0.4) is 0 Å². The maximum absolute atomic E-state index is 12.7. The molecule has 2 amide bonds. The van der Waals surface area contributed by atoms with Crippen LogP contribution in [0.1, 0.15) is 71.6 Å². The van der Waals surface area contributed by atoms with Crippen molar-refractivity contribution >= 4 is 11.8 Å². The van der Waals surface area contributed by atoms with Gasteiger partial charge in [0.05, 0.1) is 12.2 Å². The van der Waals surface area contributed by atoms with Crippen molar-refractivity contribution in [3.8, 4) is 0 Å². The molecule has 3 aliphatic rings. The Balaban J connectivity index is 1.43. The summed E-state index contributed by atoms with van der Waals surface area (Å²) in [5.74, 6) is 1.17. The molecule has 3 fully saturated rings. The monoisotopic (exact) mass is 350 g/mol. The molecule has 3 rings (SSSR count). The molecule has 142 valence electrons. The van der Waals surface area contributed by atoms with Crippen LogP contribution in [-0.2, 0) is 14.3 Å². The van der Waals surface area contributed by atoms with Crippen LogP contribution in [0.4, 0.5) is 0 Å². The van der Waals surface area contributed by atoms with Gasteiger partial charge >= 0.3 is 0 Å². The van der Waals surface area contributed by atoms with Gasteiger partial charge in [0.15, 0.2) is 0 Å². The molecule has 2 saturated heterocycles. The van der Waals surface area contributed by atoms with E-state index in [0.29, 0.717) is 38.4 Å². The Labute approximate surface area is 152 Å². The van der Waals surface area contributed by atoms with E-state index in [4.69, 9.17) is 4.74 Å². The molecule has 2 aliphatic heterocycles. The number of rotatable bonds is 4. The number of piperidine rings is 1. The molecule has 0 aromatic heterocycles. The van der Waals surface area contributed by atoms with Gasteiger partial charge < -0.3 is 14.5 Å². The predicted octanol–water partition coefficient (Wildman–Crippen LogP) is 2.97. The fourth-order valence-corrected chi connectivity index (χ4v) is 5.01. The summed E-state index contributed by atoms with van der Waals surface area (Å²) < 4.78 is 5.68. The molecule has 5 nitrogen and oxygen atoms in total. The number of fused-ring (bicyclic) bond motifs is 1. The zero-order chi connectivity index (χ0) is 17.8. The van der Waals surface area contributed by atoms with Crippen molar-refractivity contribution < 1.29 is 14.3 Å². The summed E-state index contributed by atoms with van der Waals surface area (Å²) in [7, 11) is 0. The maximum atomic E-state index is 12.7. The molecule has 0 bridgehead atoms. The predicted molar refractivity (Wildman–Crippen MR) is 97.1 cm³/mol. The van der Waals surface area contributed by atoms with Gasteiger partial charge in [-0.05, 0) is 51.9 Å². The number of hydrogen-bond acceptors (Lipinski definition) is 3. The lowest BCUT2D eigenvalue weighted by atomic mass is 9.78. The first-order valence-corrected chi connectivity index (χ1v) is 10.3. The highest BCUT2D eigenvalue weighted by Gasteiger charge is 2.35. The Bertz CT molecular complexity index is 470. The van der Waals surface area contributed by atoms with Crippen LogP contribution in [0.2, 0.25) is 0 Å². The minimum Gasteiger partial charge on any atom is -0.372 e. The molecular formula is C20H34N2O3. The number of carbonyl (C=O) groups is 2. The largest absolute Gasteiger partial charge is 0.372 e. The standard InChI is InChI=1S/C20H34N2O3/c1-15-13-21(14-16(2)25-15)19(23)10-5-11-20(24)22-12-6-8-17-7-3-4-9-18(17)22/h15-18H,3-14H2,1-2H3. The van der Waals surface area contributed by atoms with Crippen molar-refractivity contribution in [2.45, 2.75) is 89.9 Å². The van der Waals surface area contributed by atoms with Crippen molar-refractivity contribution in [3.05, 3.63) is 0 Å². The fraction of sp³-hybridized carbons (Fsp3) is 0.900. The van der Waals surface area contributed by atoms with Crippen molar-refractivity contribution in [1.29, 1.82) is 0 Å². The van der Waals surface area contributed by atoms with Crippen molar-refractivity contribution in [2.24, 2.45) is 5.92 Å². The molecule has 4 atom stereocenters. The van der Waals surface area contributed by atoms with E-state index in [9.17, 15) is 9.59 Å². The number of carbonyl (C=O) groups excluding carboxylic acids is 2. The minimum absolute atomic E-state index is 0.103. The number of likely N-dealkylation sites (tertiary alicyclic amines) is 1. The smallest absolute Gasteiger partial charge is 0.222 e. The second-order valence-corrected chi connectivity index (χ2v) is 8.25. The summed E-state index contributed by atoms with van der Waals surface area (Å²) >= 11 is 0. The number of ether oxygens (including phenoxy) is 1. The van der Waals surface area contributed by atoms with Gasteiger partial charge in [0.2, 0.25) is 11.8 Å². The molecule has 0 aromatic rings. The molecule has 0 N–H and O–H groups in total. The molecule has 25 heavy (non-hydrogen) atoms. The Morgan fingerprint density at radius 3 is 2.32 bits per heavy atom. The third-order valence-electron chi connectivity index (χ3n) is 6.12. The molecule has 0 aromatic carbocycles. The summed E-state index contributed by atoms with van der Waals surface area (Å²) in [6.07, 6.45) is 9.38. The van der Waals surface area contributed by atoms with Crippen molar-refractivity contribution in [3.63, 3.8) is 0 Å². The SMILES string of the molecule is CC1CN(C(=O)CCCC(=O)N2CCCC3CCCCC32)CC(C)O1. The molecular weight excluding hydrogens is 316 g/mol. The highest BCUT2D eigenvalue weighted by atomic mass is 16.5. The molecule has 4 unspecified atom stereocenters. The van der Waals surface area contributed by atoms with E-state index < -0.39 is 0 Å². The van der Waals surface area contributed by atoms with Gasteiger partial charge in [0, 0.05) is 38.5 Å². The maximum Gasteiger partial charge on any atom is 0.222 e. The fourth-order valence-electron chi connectivity index (χ4n) is 5.01. The zero-order valence-electron chi connectivity index (χ0n) is 15.9. The van der Waals surface area contributed by atoms with E-state index >= 15 is 0 Å². The van der Waals surface area contributed by atoms with Gasteiger partial charge in [-0.15, -0.1) is 0 Å². The third kappa shape index (κ3) is 4.75. The summed E-state index contributed by atoms with van der Waals surface area (Å²) in [6, 6.07) is 0.478. The Kier molecular flexibility index (Phi) is 6.37. The Hall–Kier alpha value is -1.10. The zero-order valence-corrected chi connectivity index (χ0v) is 15.9. The van der Waals surface area contributed by atoms with Crippen LogP contribution in [0.15, 0.2) is 0 Å². The second-order valence-electron chi connectivity index (χ2n) is 8.25. The topological polar surface area (TPSA) is 49.9 Å². The quantitative estimate of drug-likeness (QED) is 0.783. The van der Waals surface area contributed by atoms with Gasteiger partial charge in [-0.1, -0.05) is 12.8 Å². The molecule has 0 spiro atoms. The highest BCUT2D eigenvalue weighted by Crippen LogP contribution is 2.35. The first-order chi connectivity index (χ1) is 12.0. The van der Waals surface area contributed by atoms with Crippen LogP contribution < -0.4 is 0 Å².